The zero-order chi connectivity index (χ0) is 9.52. The topological polar surface area (TPSA) is 15.3 Å². The molecule has 0 aromatic carbocycles. The summed E-state index contributed by atoms with van der Waals surface area (Å²) in [5.41, 5.74) is 1.38. The van der Waals surface area contributed by atoms with Crippen LogP contribution in [0.2, 0.25) is 0 Å². The van der Waals surface area contributed by atoms with Gasteiger partial charge in [-0.25, -0.2) is 0 Å². The Bertz CT molecular complexity index is 188. The van der Waals surface area contributed by atoms with Crippen LogP contribution in [0.1, 0.15) is 26.7 Å². The number of allylic oxidation sites excluding steroid dienone is 1. The highest BCUT2D eigenvalue weighted by atomic mass is 15.1. The largest absolute Gasteiger partial charge is 0.387 e. The summed E-state index contributed by atoms with van der Waals surface area (Å²) in [5.74, 6) is 0. The molecule has 0 aliphatic carbocycles. The molecule has 1 heterocycles. The van der Waals surface area contributed by atoms with Crippen LogP contribution in [0.4, 0.5) is 0 Å². The Morgan fingerprint density at radius 2 is 2.00 bits per heavy atom. The fourth-order valence-corrected chi connectivity index (χ4v) is 1.59. The molecule has 0 aromatic heterocycles. The quantitative estimate of drug-likeness (QED) is 0.697. The van der Waals surface area contributed by atoms with Crippen LogP contribution >= 0.6 is 0 Å². The maximum absolute atomic E-state index is 3.17. The minimum Gasteiger partial charge on any atom is -0.387 e. The lowest BCUT2D eigenvalue weighted by molar-refractivity contribution is 0.352. The Balaban J connectivity index is 2.51. The second-order valence-corrected chi connectivity index (χ2v) is 3.36. The number of nitrogens with zero attached hydrogens (tertiary/aromatic N) is 1. The van der Waals surface area contributed by atoms with Crippen molar-refractivity contribution in [2.24, 2.45) is 0 Å². The van der Waals surface area contributed by atoms with Crippen molar-refractivity contribution in [1.82, 2.24) is 10.2 Å². The van der Waals surface area contributed by atoms with E-state index in [0.29, 0.717) is 0 Å². The Morgan fingerprint density at radius 1 is 1.31 bits per heavy atom. The van der Waals surface area contributed by atoms with Crippen LogP contribution in [0.15, 0.2) is 24.0 Å². The Kier molecular flexibility index (Phi) is 4.44. The smallest absolute Gasteiger partial charge is 0.0357 e. The molecule has 1 aliphatic heterocycles. The monoisotopic (exact) mass is 180 g/mol. The second-order valence-electron chi connectivity index (χ2n) is 3.36. The normalized spacial score (nSPS) is 15.1. The molecule has 0 radical (unpaired) electrons. The van der Waals surface area contributed by atoms with Gasteiger partial charge in [-0.05, 0) is 31.2 Å². The number of hydrogen-bond donors (Lipinski definition) is 1. The predicted octanol–water partition coefficient (Wildman–Crippen LogP) is 2.11. The third-order valence-corrected chi connectivity index (χ3v) is 2.15. The summed E-state index contributed by atoms with van der Waals surface area (Å²) in [6.07, 6.45) is 8.89. The highest BCUT2D eigenvalue weighted by molar-refractivity contribution is 5.21. The molecule has 1 rings (SSSR count). The molecule has 0 bridgehead atoms. The van der Waals surface area contributed by atoms with Gasteiger partial charge in [0.2, 0.25) is 0 Å². The molecule has 0 aromatic rings. The molecule has 0 saturated heterocycles. The van der Waals surface area contributed by atoms with Crippen molar-refractivity contribution in [2.75, 3.05) is 19.6 Å². The number of hydrogen-bond acceptors (Lipinski definition) is 2. The van der Waals surface area contributed by atoms with Crippen molar-refractivity contribution in [3.05, 3.63) is 24.0 Å². The van der Waals surface area contributed by atoms with Gasteiger partial charge in [0.05, 0.1) is 0 Å². The molecular weight excluding hydrogens is 160 g/mol. The molecule has 0 unspecified atom stereocenters. The summed E-state index contributed by atoms with van der Waals surface area (Å²) < 4.78 is 0. The zero-order valence-electron chi connectivity index (χ0n) is 8.71. The van der Waals surface area contributed by atoms with Gasteiger partial charge in [-0.2, -0.15) is 0 Å². The van der Waals surface area contributed by atoms with Crippen molar-refractivity contribution < 1.29 is 0 Å². The van der Waals surface area contributed by atoms with Crippen molar-refractivity contribution >= 4 is 0 Å². The van der Waals surface area contributed by atoms with Crippen molar-refractivity contribution in [2.45, 2.75) is 26.7 Å². The molecule has 2 heteroatoms. The number of rotatable bonds is 5. The van der Waals surface area contributed by atoms with Crippen LogP contribution in [0.25, 0.3) is 0 Å². The molecule has 1 N–H and O–H groups in total. The highest BCUT2D eigenvalue weighted by Crippen LogP contribution is 2.09. The van der Waals surface area contributed by atoms with Crippen LogP contribution in [0.5, 0.6) is 0 Å². The maximum Gasteiger partial charge on any atom is 0.0357 e. The Labute approximate surface area is 81.3 Å². The summed E-state index contributed by atoms with van der Waals surface area (Å²) in [5, 5.41) is 3.17. The number of dihydropyridines is 1. The molecule has 1 aliphatic rings. The van der Waals surface area contributed by atoms with Gasteiger partial charge in [-0.3, -0.25) is 0 Å². The van der Waals surface area contributed by atoms with Gasteiger partial charge in [0.1, 0.15) is 0 Å². The van der Waals surface area contributed by atoms with Crippen molar-refractivity contribution in [1.29, 1.82) is 0 Å². The van der Waals surface area contributed by atoms with E-state index in [1.807, 2.05) is 6.20 Å². The Morgan fingerprint density at radius 3 is 2.46 bits per heavy atom. The summed E-state index contributed by atoms with van der Waals surface area (Å²) in [4.78, 5) is 2.46. The summed E-state index contributed by atoms with van der Waals surface area (Å²) in [6, 6.07) is 0. The SMILES string of the molecule is CCCN(CCC)C1=CCNC=C1. The van der Waals surface area contributed by atoms with E-state index < -0.39 is 0 Å². The van der Waals surface area contributed by atoms with E-state index in [1.54, 1.807) is 0 Å². The lowest BCUT2D eigenvalue weighted by atomic mass is 10.2. The first-order chi connectivity index (χ1) is 6.38. The van der Waals surface area contributed by atoms with E-state index in [2.05, 4.69) is 36.2 Å². The third kappa shape index (κ3) is 3.13. The first kappa shape index (κ1) is 10.2. The average molecular weight is 180 g/mol. The molecule has 13 heavy (non-hydrogen) atoms. The zero-order valence-corrected chi connectivity index (χ0v) is 8.71. The minimum absolute atomic E-state index is 0.968. The van der Waals surface area contributed by atoms with E-state index in [9.17, 15) is 0 Å². The second kappa shape index (κ2) is 5.68. The Hall–Kier alpha value is -0.920. The molecule has 2 nitrogen and oxygen atoms in total. The van der Waals surface area contributed by atoms with E-state index in [1.165, 1.54) is 31.6 Å². The lowest BCUT2D eigenvalue weighted by Gasteiger charge is -2.26. The standard InChI is InChI=1S/C11H20N2/c1-3-9-13(10-4-2)11-5-7-12-8-6-11/h5-7,12H,3-4,8-10H2,1-2H3. The van der Waals surface area contributed by atoms with Crippen LogP contribution in [-0.4, -0.2) is 24.5 Å². The summed E-state index contributed by atoms with van der Waals surface area (Å²) >= 11 is 0. The molecular formula is C11H20N2. The fourth-order valence-electron chi connectivity index (χ4n) is 1.59. The van der Waals surface area contributed by atoms with Crippen molar-refractivity contribution in [3.8, 4) is 0 Å². The molecule has 0 fully saturated rings. The minimum atomic E-state index is 0.968. The molecule has 74 valence electrons. The van der Waals surface area contributed by atoms with Gasteiger partial charge in [0.25, 0.3) is 0 Å². The summed E-state index contributed by atoms with van der Waals surface area (Å²) in [7, 11) is 0. The van der Waals surface area contributed by atoms with E-state index in [-0.39, 0.29) is 0 Å². The van der Waals surface area contributed by atoms with Gasteiger partial charge in [0, 0.05) is 25.3 Å². The highest BCUT2D eigenvalue weighted by Gasteiger charge is 2.05. The predicted molar refractivity (Wildman–Crippen MR) is 57.4 cm³/mol. The van der Waals surface area contributed by atoms with E-state index >= 15 is 0 Å². The van der Waals surface area contributed by atoms with Crippen LogP contribution < -0.4 is 5.32 Å². The molecule has 0 spiro atoms. The summed E-state index contributed by atoms with van der Waals surface area (Å²) in [6.45, 7) is 7.77. The maximum atomic E-state index is 3.17. The van der Waals surface area contributed by atoms with Gasteiger partial charge in [-0.1, -0.05) is 13.8 Å². The van der Waals surface area contributed by atoms with Gasteiger partial charge in [0.15, 0.2) is 0 Å². The lowest BCUT2D eigenvalue weighted by Crippen LogP contribution is -2.26. The van der Waals surface area contributed by atoms with Gasteiger partial charge < -0.3 is 10.2 Å². The first-order valence-corrected chi connectivity index (χ1v) is 5.23. The molecule has 0 saturated carbocycles. The fraction of sp³-hybridized carbons (Fsp3) is 0.636. The van der Waals surface area contributed by atoms with Gasteiger partial charge in [-0.15, -0.1) is 0 Å². The number of nitrogens with one attached hydrogen (secondary N) is 1. The third-order valence-electron chi connectivity index (χ3n) is 2.15. The van der Waals surface area contributed by atoms with E-state index in [0.717, 1.165) is 6.54 Å². The van der Waals surface area contributed by atoms with Crippen LogP contribution in [-0.2, 0) is 0 Å². The van der Waals surface area contributed by atoms with Crippen LogP contribution in [0.3, 0.4) is 0 Å². The molecule has 0 amide bonds. The average Bonchev–Trinajstić information content (AvgIpc) is 2.19. The van der Waals surface area contributed by atoms with E-state index in [4.69, 9.17) is 0 Å². The van der Waals surface area contributed by atoms with Gasteiger partial charge >= 0.3 is 0 Å². The van der Waals surface area contributed by atoms with Crippen molar-refractivity contribution in [3.63, 3.8) is 0 Å². The van der Waals surface area contributed by atoms with Crippen LogP contribution in [0, 0.1) is 0 Å². The first-order valence-electron chi connectivity index (χ1n) is 5.23. The molecule has 0 atom stereocenters.